The Bertz CT molecular complexity index is 268. The summed E-state index contributed by atoms with van der Waals surface area (Å²) >= 11 is 0. The van der Waals surface area contributed by atoms with E-state index in [1.807, 2.05) is 24.4 Å². The van der Waals surface area contributed by atoms with E-state index >= 15 is 0 Å². The number of amidine groups is 1. The van der Waals surface area contributed by atoms with Gasteiger partial charge in [0, 0.05) is 24.9 Å². The van der Waals surface area contributed by atoms with Crippen LogP contribution in [-0.4, -0.2) is 23.8 Å². The van der Waals surface area contributed by atoms with Crippen LogP contribution in [0, 0.1) is 0 Å². The van der Waals surface area contributed by atoms with Crippen molar-refractivity contribution in [1.29, 1.82) is 0 Å². The van der Waals surface area contributed by atoms with Crippen LogP contribution >= 0.6 is 0 Å². The van der Waals surface area contributed by atoms with Gasteiger partial charge in [-0.25, -0.2) is 4.99 Å². The highest BCUT2D eigenvalue weighted by Crippen LogP contribution is 2.07. The average Bonchev–Trinajstić information content (AvgIpc) is 2.34. The van der Waals surface area contributed by atoms with Gasteiger partial charge in [-0.15, -0.1) is 0 Å². The summed E-state index contributed by atoms with van der Waals surface area (Å²) in [5, 5.41) is 0. The minimum atomic E-state index is 0.968. The van der Waals surface area contributed by atoms with E-state index in [0.29, 0.717) is 0 Å². The standard InChI is InChI=1S/C11H16N2/c1-4-13(5-2)11-10(3)8-6-7-9-12-11/h6-9H,3-5H2,1-2H3. The Morgan fingerprint density at radius 1 is 1.31 bits per heavy atom. The van der Waals surface area contributed by atoms with Crippen LogP contribution in [0.4, 0.5) is 0 Å². The summed E-state index contributed by atoms with van der Waals surface area (Å²) < 4.78 is 0. The van der Waals surface area contributed by atoms with Gasteiger partial charge >= 0.3 is 0 Å². The summed E-state index contributed by atoms with van der Waals surface area (Å²) in [5.74, 6) is 0.981. The van der Waals surface area contributed by atoms with Gasteiger partial charge in [0.15, 0.2) is 0 Å². The van der Waals surface area contributed by atoms with Gasteiger partial charge in [0.1, 0.15) is 5.84 Å². The normalized spacial score (nSPS) is 15.5. The number of hydrogen-bond donors (Lipinski definition) is 0. The molecule has 2 heteroatoms. The van der Waals surface area contributed by atoms with Gasteiger partial charge in [-0.3, -0.25) is 0 Å². The van der Waals surface area contributed by atoms with Crippen LogP contribution in [0.3, 0.4) is 0 Å². The average molecular weight is 176 g/mol. The number of hydrogen-bond acceptors (Lipinski definition) is 2. The zero-order valence-electron chi connectivity index (χ0n) is 8.33. The van der Waals surface area contributed by atoms with Crippen molar-refractivity contribution in [3.05, 3.63) is 36.6 Å². The molecule has 1 aliphatic rings. The van der Waals surface area contributed by atoms with Crippen LogP contribution in [0.5, 0.6) is 0 Å². The van der Waals surface area contributed by atoms with E-state index in [1.54, 1.807) is 0 Å². The lowest BCUT2D eigenvalue weighted by Gasteiger charge is -2.22. The van der Waals surface area contributed by atoms with Crippen LogP contribution < -0.4 is 0 Å². The van der Waals surface area contributed by atoms with Crippen LogP contribution in [-0.2, 0) is 0 Å². The first kappa shape index (κ1) is 9.78. The van der Waals surface area contributed by atoms with E-state index in [1.165, 1.54) is 0 Å². The molecule has 70 valence electrons. The fourth-order valence-electron chi connectivity index (χ4n) is 1.30. The van der Waals surface area contributed by atoms with Gasteiger partial charge in [-0.2, -0.15) is 0 Å². The number of likely N-dealkylation sites (N-methyl/N-ethyl adjacent to an activating group) is 1. The maximum absolute atomic E-state index is 4.35. The summed E-state index contributed by atoms with van der Waals surface area (Å²) in [6.07, 6.45) is 7.67. The van der Waals surface area contributed by atoms with Crippen molar-refractivity contribution in [2.24, 2.45) is 4.99 Å². The number of aliphatic imine (C=N–C) groups is 1. The second kappa shape index (κ2) is 4.65. The zero-order valence-corrected chi connectivity index (χ0v) is 8.33. The molecule has 13 heavy (non-hydrogen) atoms. The summed E-state index contributed by atoms with van der Waals surface area (Å²) in [6, 6.07) is 0. The molecule has 2 nitrogen and oxygen atoms in total. The first-order valence-corrected chi connectivity index (χ1v) is 4.64. The molecule has 0 aromatic heterocycles. The second-order valence-electron chi connectivity index (χ2n) is 2.85. The molecule has 0 N–H and O–H groups in total. The quantitative estimate of drug-likeness (QED) is 0.630. The van der Waals surface area contributed by atoms with Gasteiger partial charge in [-0.05, 0) is 19.9 Å². The molecular formula is C11H16N2. The molecule has 0 aliphatic carbocycles. The van der Waals surface area contributed by atoms with E-state index in [-0.39, 0.29) is 0 Å². The lowest BCUT2D eigenvalue weighted by molar-refractivity contribution is 0.466. The fourth-order valence-corrected chi connectivity index (χ4v) is 1.30. The van der Waals surface area contributed by atoms with Crippen LogP contribution in [0.25, 0.3) is 0 Å². The lowest BCUT2D eigenvalue weighted by atomic mass is 10.2. The lowest BCUT2D eigenvalue weighted by Crippen LogP contribution is -2.31. The summed E-state index contributed by atoms with van der Waals surface area (Å²) in [4.78, 5) is 6.54. The van der Waals surface area contributed by atoms with Crippen molar-refractivity contribution < 1.29 is 0 Å². The van der Waals surface area contributed by atoms with Crippen LogP contribution in [0.15, 0.2) is 41.6 Å². The van der Waals surface area contributed by atoms with Gasteiger partial charge < -0.3 is 4.90 Å². The third-order valence-electron chi connectivity index (χ3n) is 2.04. The third-order valence-corrected chi connectivity index (χ3v) is 2.04. The Hall–Kier alpha value is -1.31. The van der Waals surface area contributed by atoms with Gasteiger partial charge in [-0.1, -0.05) is 18.7 Å². The molecule has 0 saturated heterocycles. The number of allylic oxidation sites excluding steroid dienone is 2. The van der Waals surface area contributed by atoms with Gasteiger partial charge in [0.2, 0.25) is 0 Å². The summed E-state index contributed by atoms with van der Waals surface area (Å²) in [7, 11) is 0. The maximum Gasteiger partial charge on any atom is 0.135 e. The molecule has 0 aromatic rings. The Labute approximate surface area is 80.0 Å². The van der Waals surface area contributed by atoms with E-state index in [9.17, 15) is 0 Å². The molecule has 0 atom stereocenters. The molecule has 1 rings (SSSR count). The molecule has 0 radical (unpaired) electrons. The largest absolute Gasteiger partial charge is 0.357 e. The summed E-state index contributed by atoms with van der Waals surface area (Å²) in [5.41, 5.74) is 0.980. The second-order valence-corrected chi connectivity index (χ2v) is 2.85. The molecule has 0 bridgehead atoms. The van der Waals surface area contributed by atoms with Gasteiger partial charge in [0.05, 0.1) is 0 Å². The first-order chi connectivity index (χ1) is 6.29. The topological polar surface area (TPSA) is 15.6 Å². The van der Waals surface area contributed by atoms with Crippen molar-refractivity contribution in [3.63, 3.8) is 0 Å². The van der Waals surface area contributed by atoms with Gasteiger partial charge in [0.25, 0.3) is 0 Å². The molecule has 0 saturated carbocycles. The van der Waals surface area contributed by atoms with Crippen molar-refractivity contribution in [2.45, 2.75) is 13.8 Å². The SMILES string of the molecule is C=C1C=CC=CN=C1N(CC)CC. The highest BCUT2D eigenvalue weighted by molar-refractivity contribution is 6.00. The molecule has 0 unspecified atom stereocenters. The van der Waals surface area contributed by atoms with Crippen molar-refractivity contribution in [1.82, 2.24) is 4.90 Å². The number of nitrogens with zero attached hydrogens (tertiary/aromatic N) is 2. The Kier molecular flexibility index (Phi) is 3.50. The Balaban J connectivity index is 2.87. The first-order valence-electron chi connectivity index (χ1n) is 4.64. The predicted octanol–water partition coefficient (Wildman–Crippen LogP) is 2.37. The van der Waals surface area contributed by atoms with Crippen molar-refractivity contribution in [2.75, 3.05) is 13.1 Å². The highest BCUT2D eigenvalue weighted by Gasteiger charge is 2.08. The van der Waals surface area contributed by atoms with Crippen molar-refractivity contribution >= 4 is 5.84 Å². The van der Waals surface area contributed by atoms with E-state index < -0.39 is 0 Å². The Morgan fingerprint density at radius 3 is 2.62 bits per heavy atom. The Morgan fingerprint density at radius 2 is 2.00 bits per heavy atom. The van der Waals surface area contributed by atoms with E-state index in [2.05, 4.69) is 30.3 Å². The fraction of sp³-hybridized carbons (Fsp3) is 0.364. The third kappa shape index (κ3) is 2.31. The van der Waals surface area contributed by atoms with Crippen molar-refractivity contribution in [3.8, 4) is 0 Å². The molecule has 0 fully saturated rings. The van der Waals surface area contributed by atoms with E-state index in [4.69, 9.17) is 0 Å². The molecular weight excluding hydrogens is 160 g/mol. The number of rotatable bonds is 2. The molecule has 0 spiro atoms. The van der Waals surface area contributed by atoms with Crippen LogP contribution in [0.1, 0.15) is 13.8 Å². The van der Waals surface area contributed by atoms with Crippen LogP contribution in [0.2, 0.25) is 0 Å². The summed E-state index contributed by atoms with van der Waals surface area (Å²) in [6.45, 7) is 10.2. The van der Waals surface area contributed by atoms with E-state index in [0.717, 1.165) is 24.5 Å². The molecule has 0 amide bonds. The minimum absolute atomic E-state index is 0.968. The maximum atomic E-state index is 4.35. The highest BCUT2D eigenvalue weighted by atomic mass is 15.2. The smallest absolute Gasteiger partial charge is 0.135 e. The molecule has 0 aromatic carbocycles. The zero-order chi connectivity index (χ0) is 9.68. The molecule has 1 heterocycles. The predicted molar refractivity (Wildman–Crippen MR) is 57.8 cm³/mol. The monoisotopic (exact) mass is 176 g/mol. The molecule has 1 aliphatic heterocycles. The minimum Gasteiger partial charge on any atom is -0.357 e.